The van der Waals surface area contributed by atoms with Crippen LogP contribution in [-0.2, 0) is 4.79 Å². The van der Waals surface area contributed by atoms with Crippen LogP contribution in [0.3, 0.4) is 0 Å². The molecule has 114 valence electrons. The lowest BCUT2D eigenvalue weighted by Crippen LogP contribution is -3.06. The van der Waals surface area contributed by atoms with E-state index in [9.17, 15) is 4.79 Å². The second kappa shape index (κ2) is 6.86. The number of nitrogens with one attached hydrogen (secondary N) is 2. The molecule has 0 aliphatic heterocycles. The Balaban J connectivity index is 1.92. The van der Waals surface area contributed by atoms with Crippen molar-refractivity contribution in [2.24, 2.45) is 0 Å². The van der Waals surface area contributed by atoms with Gasteiger partial charge < -0.3 is 10.2 Å². The molecule has 0 fully saturated rings. The summed E-state index contributed by atoms with van der Waals surface area (Å²) in [5.74, 6) is 0.894. The van der Waals surface area contributed by atoms with Crippen LogP contribution in [0.1, 0.15) is 11.4 Å². The average Bonchev–Trinajstić information content (AvgIpc) is 2.79. The van der Waals surface area contributed by atoms with Crippen molar-refractivity contribution < 1.29 is 9.69 Å². The molecule has 2 aromatic heterocycles. The van der Waals surface area contributed by atoms with Gasteiger partial charge in [0.1, 0.15) is 0 Å². The lowest BCUT2D eigenvalue weighted by Gasteiger charge is -2.07. The highest BCUT2D eigenvalue weighted by Gasteiger charge is 2.10. The zero-order chi connectivity index (χ0) is 15.4. The van der Waals surface area contributed by atoms with Gasteiger partial charge in [-0.2, -0.15) is 4.98 Å². The van der Waals surface area contributed by atoms with E-state index in [1.165, 1.54) is 16.7 Å². The Hall–Kier alpha value is -1.67. The second-order valence-corrected chi connectivity index (χ2v) is 6.18. The van der Waals surface area contributed by atoms with Crippen molar-refractivity contribution >= 4 is 23.4 Å². The summed E-state index contributed by atoms with van der Waals surface area (Å²) in [6.07, 6.45) is 0. The number of carbonyl (C=O) groups is 1. The van der Waals surface area contributed by atoms with E-state index < -0.39 is 0 Å². The molecule has 0 bridgehead atoms. The van der Waals surface area contributed by atoms with Crippen LogP contribution < -0.4 is 10.2 Å². The number of aromatic nitrogens is 4. The highest BCUT2D eigenvalue weighted by molar-refractivity contribution is 7.99. The van der Waals surface area contributed by atoms with Gasteiger partial charge >= 0.3 is 0 Å². The van der Waals surface area contributed by atoms with Crippen LogP contribution in [0.2, 0.25) is 0 Å². The summed E-state index contributed by atoms with van der Waals surface area (Å²) < 4.78 is 1.70. The molecule has 2 heterocycles. The van der Waals surface area contributed by atoms with E-state index in [1.54, 1.807) is 4.52 Å². The fourth-order valence-corrected chi connectivity index (χ4v) is 2.49. The molecule has 7 nitrogen and oxygen atoms in total. The van der Waals surface area contributed by atoms with Gasteiger partial charge in [-0.25, -0.2) is 9.50 Å². The number of hydrogen-bond acceptors (Lipinski definition) is 5. The van der Waals surface area contributed by atoms with E-state index in [2.05, 4.69) is 34.5 Å². The Morgan fingerprint density at radius 2 is 2.14 bits per heavy atom. The molecule has 2 N–H and O–H groups in total. The maximum absolute atomic E-state index is 11.7. The molecular weight excluding hydrogens is 288 g/mol. The van der Waals surface area contributed by atoms with E-state index in [0.717, 1.165) is 17.9 Å². The summed E-state index contributed by atoms with van der Waals surface area (Å²) in [6.45, 7) is 5.47. The first-order chi connectivity index (χ1) is 9.95. The molecule has 2 rings (SSSR count). The Labute approximate surface area is 128 Å². The highest BCUT2D eigenvalue weighted by Crippen LogP contribution is 2.14. The number of thioether (sulfide) groups is 1. The minimum Gasteiger partial charge on any atom is -0.350 e. The number of hydrogen-bond donors (Lipinski definition) is 2. The first-order valence-electron chi connectivity index (χ1n) is 6.85. The lowest BCUT2D eigenvalue weighted by atomic mass is 10.4. The molecular formula is C13H21N6OS+. The zero-order valence-corrected chi connectivity index (χ0v) is 13.6. The number of aryl methyl sites for hydroxylation is 2. The third kappa shape index (κ3) is 4.40. The molecule has 0 radical (unpaired) electrons. The third-order valence-electron chi connectivity index (χ3n) is 2.88. The standard InChI is InChI=1S/C13H20N6OS/c1-9-7-10(2)19-12(15-9)16-13(17-19)21-8-11(20)14-5-6-18(3)4/h7H,5-6,8H2,1-4H3,(H,14,20)/p+1. The van der Waals surface area contributed by atoms with Crippen LogP contribution in [-0.4, -0.2) is 58.4 Å². The number of rotatable bonds is 6. The molecule has 0 aromatic carbocycles. The third-order valence-corrected chi connectivity index (χ3v) is 3.72. The molecule has 2 aromatic rings. The molecule has 1 amide bonds. The molecule has 0 unspecified atom stereocenters. The van der Waals surface area contributed by atoms with Crippen molar-refractivity contribution in [2.45, 2.75) is 19.0 Å². The van der Waals surface area contributed by atoms with Crippen LogP contribution >= 0.6 is 11.8 Å². The highest BCUT2D eigenvalue weighted by atomic mass is 32.2. The van der Waals surface area contributed by atoms with Crippen molar-refractivity contribution in [3.05, 3.63) is 17.5 Å². The maximum atomic E-state index is 11.7. The summed E-state index contributed by atoms with van der Waals surface area (Å²) in [4.78, 5) is 21.7. The minimum atomic E-state index is 0.000896. The van der Waals surface area contributed by atoms with Gasteiger partial charge in [-0.3, -0.25) is 4.79 Å². The number of amides is 1. The Morgan fingerprint density at radius 1 is 1.38 bits per heavy atom. The SMILES string of the molecule is Cc1cc(C)n2nc(SCC(=O)NCC[NH+](C)C)nc2n1. The van der Waals surface area contributed by atoms with Gasteiger partial charge in [0, 0.05) is 11.4 Å². The average molecular weight is 309 g/mol. The van der Waals surface area contributed by atoms with Crippen LogP contribution in [0.5, 0.6) is 0 Å². The number of carbonyl (C=O) groups excluding carboxylic acids is 1. The van der Waals surface area contributed by atoms with Gasteiger partial charge in [0.2, 0.25) is 11.1 Å². The summed E-state index contributed by atoms with van der Waals surface area (Å²) in [5.41, 5.74) is 1.89. The van der Waals surface area contributed by atoms with Crippen LogP contribution in [0.25, 0.3) is 5.78 Å². The van der Waals surface area contributed by atoms with Crippen LogP contribution in [0.15, 0.2) is 11.2 Å². The van der Waals surface area contributed by atoms with Crippen molar-refractivity contribution in [1.82, 2.24) is 24.9 Å². The van der Waals surface area contributed by atoms with Crippen molar-refractivity contribution in [2.75, 3.05) is 32.9 Å². The predicted octanol–water partition coefficient (Wildman–Crippen LogP) is -0.906. The first kappa shape index (κ1) is 15.7. The van der Waals surface area contributed by atoms with E-state index in [1.807, 2.05) is 19.9 Å². The number of nitrogens with zero attached hydrogens (tertiary/aromatic N) is 4. The maximum Gasteiger partial charge on any atom is 0.253 e. The summed E-state index contributed by atoms with van der Waals surface area (Å²) in [6, 6.07) is 1.95. The van der Waals surface area contributed by atoms with E-state index in [0.29, 0.717) is 23.2 Å². The molecule has 0 saturated carbocycles. The number of quaternary nitrogens is 1. The molecule has 0 spiro atoms. The fourth-order valence-electron chi connectivity index (χ4n) is 1.84. The number of fused-ring (bicyclic) bond motifs is 1. The normalized spacial score (nSPS) is 11.3. The summed E-state index contributed by atoms with van der Waals surface area (Å²) in [5, 5.41) is 7.81. The number of likely N-dealkylation sites (N-methyl/N-ethyl adjacent to an activating group) is 1. The van der Waals surface area contributed by atoms with Gasteiger partial charge in [0.15, 0.2) is 0 Å². The van der Waals surface area contributed by atoms with Crippen molar-refractivity contribution in [3.63, 3.8) is 0 Å². The van der Waals surface area contributed by atoms with Gasteiger partial charge in [-0.15, -0.1) is 5.10 Å². The largest absolute Gasteiger partial charge is 0.350 e. The Morgan fingerprint density at radius 3 is 2.86 bits per heavy atom. The molecule has 0 saturated heterocycles. The van der Waals surface area contributed by atoms with Gasteiger partial charge in [-0.05, 0) is 19.9 Å². The van der Waals surface area contributed by atoms with Crippen LogP contribution in [0, 0.1) is 13.8 Å². The first-order valence-corrected chi connectivity index (χ1v) is 7.84. The van der Waals surface area contributed by atoms with E-state index >= 15 is 0 Å². The van der Waals surface area contributed by atoms with Gasteiger partial charge in [0.05, 0.1) is 32.9 Å². The zero-order valence-electron chi connectivity index (χ0n) is 12.8. The van der Waals surface area contributed by atoms with Crippen molar-refractivity contribution in [3.8, 4) is 0 Å². The Bertz CT molecular complexity index is 639. The quantitative estimate of drug-likeness (QED) is 0.676. The summed E-state index contributed by atoms with van der Waals surface area (Å²) >= 11 is 1.33. The second-order valence-electron chi connectivity index (χ2n) is 5.24. The Kier molecular flexibility index (Phi) is 5.13. The van der Waals surface area contributed by atoms with E-state index in [-0.39, 0.29) is 5.91 Å². The molecule has 0 aliphatic carbocycles. The van der Waals surface area contributed by atoms with E-state index in [4.69, 9.17) is 0 Å². The fraction of sp³-hybridized carbons (Fsp3) is 0.538. The molecule has 0 aliphatic rings. The lowest BCUT2D eigenvalue weighted by molar-refractivity contribution is -0.856. The van der Waals surface area contributed by atoms with Gasteiger partial charge in [-0.1, -0.05) is 11.8 Å². The van der Waals surface area contributed by atoms with Gasteiger partial charge in [0.25, 0.3) is 5.78 Å². The van der Waals surface area contributed by atoms with Crippen LogP contribution in [0.4, 0.5) is 0 Å². The smallest absolute Gasteiger partial charge is 0.253 e. The molecule has 21 heavy (non-hydrogen) atoms. The minimum absolute atomic E-state index is 0.000896. The monoisotopic (exact) mass is 309 g/mol. The predicted molar refractivity (Wildman–Crippen MR) is 81.7 cm³/mol. The summed E-state index contributed by atoms with van der Waals surface area (Å²) in [7, 11) is 4.11. The molecule has 8 heteroatoms. The molecule has 0 atom stereocenters. The van der Waals surface area contributed by atoms with Crippen molar-refractivity contribution in [1.29, 1.82) is 0 Å². The topological polar surface area (TPSA) is 76.6 Å².